The van der Waals surface area contributed by atoms with Gasteiger partial charge in [-0.15, -0.1) is 0 Å². The lowest BCUT2D eigenvalue weighted by molar-refractivity contribution is -0.169. The number of hydrogen-bond acceptors (Lipinski definition) is 3. The van der Waals surface area contributed by atoms with Gasteiger partial charge in [0.2, 0.25) is 11.8 Å². The highest BCUT2D eigenvalue weighted by Crippen LogP contribution is 2.31. The Bertz CT molecular complexity index is 298. The number of carbonyl (C=O) groups excluding carboxylic acids is 3. The fourth-order valence-corrected chi connectivity index (χ4v) is 2.07. The summed E-state index contributed by atoms with van der Waals surface area (Å²) >= 11 is 0. The second-order valence-corrected chi connectivity index (χ2v) is 4.03. The molecule has 0 unspecified atom stereocenters. The van der Waals surface area contributed by atoms with Crippen molar-refractivity contribution in [2.75, 3.05) is 0 Å². The van der Waals surface area contributed by atoms with Crippen molar-refractivity contribution >= 4 is 17.6 Å². The van der Waals surface area contributed by atoms with E-state index in [0.717, 1.165) is 17.7 Å². The van der Waals surface area contributed by atoms with E-state index in [9.17, 15) is 14.4 Å². The highest BCUT2D eigenvalue weighted by atomic mass is 16.2. The molecule has 4 nitrogen and oxygen atoms in total. The van der Waals surface area contributed by atoms with Crippen molar-refractivity contribution in [2.24, 2.45) is 5.92 Å². The van der Waals surface area contributed by atoms with Crippen molar-refractivity contribution in [1.82, 2.24) is 4.90 Å². The molecule has 0 aromatic carbocycles. The van der Waals surface area contributed by atoms with Gasteiger partial charge in [0.15, 0.2) is 5.78 Å². The van der Waals surface area contributed by atoms with Crippen molar-refractivity contribution in [2.45, 2.75) is 46.1 Å². The van der Waals surface area contributed by atoms with Crippen LogP contribution in [0.25, 0.3) is 0 Å². The summed E-state index contributed by atoms with van der Waals surface area (Å²) in [5.74, 6) is -0.860. The Balaban J connectivity index is 2.71. The van der Waals surface area contributed by atoms with E-state index in [1.807, 2.05) is 6.92 Å². The minimum absolute atomic E-state index is 0.0918. The van der Waals surface area contributed by atoms with Crippen LogP contribution in [0, 0.1) is 5.92 Å². The molecule has 2 atom stereocenters. The van der Waals surface area contributed by atoms with Crippen molar-refractivity contribution in [3.05, 3.63) is 0 Å². The first-order chi connectivity index (χ1) is 7.00. The van der Waals surface area contributed by atoms with Gasteiger partial charge in [-0.05, 0) is 13.3 Å². The van der Waals surface area contributed by atoms with E-state index < -0.39 is 6.04 Å². The van der Waals surface area contributed by atoms with Crippen LogP contribution in [0.1, 0.15) is 40.0 Å². The molecule has 0 saturated carbocycles. The Hall–Kier alpha value is -1.19. The van der Waals surface area contributed by atoms with Gasteiger partial charge in [-0.25, -0.2) is 0 Å². The molecule has 1 saturated heterocycles. The van der Waals surface area contributed by atoms with E-state index in [1.165, 1.54) is 13.8 Å². The first-order valence-electron chi connectivity index (χ1n) is 5.34. The van der Waals surface area contributed by atoms with Gasteiger partial charge in [0.25, 0.3) is 0 Å². The summed E-state index contributed by atoms with van der Waals surface area (Å²) in [6.45, 7) is 4.80. The molecule has 1 aliphatic rings. The quantitative estimate of drug-likeness (QED) is 0.655. The molecule has 0 radical (unpaired) electrons. The average molecular weight is 211 g/mol. The smallest absolute Gasteiger partial charge is 0.235 e. The molecule has 0 N–H and O–H groups in total. The number of carbonyl (C=O) groups is 3. The summed E-state index contributed by atoms with van der Waals surface area (Å²) in [7, 11) is 0. The molecule has 1 rings (SSSR count). The van der Waals surface area contributed by atoms with E-state index in [1.54, 1.807) is 0 Å². The number of hydrogen-bond donors (Lipinski definition) is 0. The van der Waals surface area contributed by atoms with Gasteiger partial charge >= 0.3 is 0 Å². The van der Waals surface area contributed by atoms with Gasteiger partial charge in [0.05, 0.1) is 5.92 Å². The van der Waals surface area contributed by atoms with Crippen LogP contribution in [-0.4, -0.2) is 28.5 Å². The molecule has 0 aliphatic carbocycles. The second-order valence-electron chi connectivity index (χ2n) is 4.03. The Kier molecular flexibility index (Phi) is 3.61. The summed E-state index contributed by atoms with van der Waals surface area (Å²) in [5, 5.41) is 0. The Morgan fingerprint density at radius 1 is 1.33 bits per heavy atom. The van der Waals surface area contributed by atoms with Gasteiger partial charge in [0.1, 0.15) is 6.04 Å². The van der Waals surface area contributed by atoms with Gasteiger partial charge in [0, 0.05) is 6.92 Å². The number of Topliss-reactive ketones (excluding diaryl/α,β-unsaturated/α-hetero) is 1. The summed E-state index contributed by atoms with van der Waals surface area (Å²) in [6, 6.07) is -0.499. The van der Waals surface area contributed by atoms with Crippen LogP contribution < -0.4 is 0 Å². The van der Waals surface area contributed by atoms with E-state index in [-0.39, 0.29) is 23.5 Å². The number of likely N-dealkylation sites (tertiary alicyclic amines) is 1. The first kappa shape index (κ1) is 11.9. The minimum Gasteiger partial charge on any atom is -0.298 e. The average Bonchev–Trinajstić information content (AvgIpc) is 2.13. The van der Waals surface area contributed by atoms with Crippen LogP contribution >= 0.6 is 0 Å². The molecule has 4 heteroatoms. The Morgan fingerprint density at radius 2 is 1.93 bits per heavy atom. The Labute approximate surface area is 89.6 Å². The zero-order valence-electron chi connectivity index (χ0n) is 9.45. The lowest BCUT2D eigenvalue weighted by Gasteiger charge is -2.43. The third-order valence-corrected chi connectivity index (χ3v) is 2.84. The number of unbranched alkanes of at least 4 members (excludes halogenated alkanes) is 1. The van der Waals surface area contributed by atoms with E-state index in [4.69, 9.17) is 0 Å². The molecule has 0 spiro atoms. The molecule has 0 aromatic rings. The number of ketones is 1. The van der Waals surface area contributed by atoms with Crippen molar-refractivity contribution < 1.29 is 14.4 Å². The lowest BCUT2D eigenvalue weighted by atomic mass is 9.81. The van der Waals surface area contributed by atoms with Gasteiger partial charge in [-0.3, -0.25) is 19.3 Å². The monoisotopic (exact) mass is 211 g/mol. The molecule has 0 bridgehead atoms. The minimum atomic E-state index is -0.499. The molecular formula is C11H17NO3. The fourth-order valence-electron chi connectivity index (χ4n) is 2.07. The number of imide groups is 1. The number of β-lactam (4-membered cyclic amide) rings is 1. The number of rotatable bonds is 4. The molecule has 2 amide bonds. The second kappa shape index (κ2) is 4.55. The molecule has 15 heavy (non-hydrogen) atoms. The largest absolute Gasteiger partial charge is 0.298 e. The van der Waals surface area contributed by atoms with Crippen molar-refractivity contribution in [3.63, 3.8) is 0 Å². The first-order valence-corrected chi connectivity index (χ1v) is 5.34. The molecule has 1 heterocycles. The summed E-state index contributed by atoms with van der Waals surface area (Å²) in [6.07, 6.45) is 2.63. The van der Waals surface area contributed by atoms with Crippen LogP contribution in [0.2, 0.25) is 0 Å². The van der Waals surface area contributed by atoms with Gasteiger partial charge in [-0.2, -0.15) is 0 Å². The predicted molar refractivity (Wildman–Crippen MR) is 55.0 cm³/mol. The SMILES string of the molecule is CCCC[C@@H]1C(=O)N(C(C)=O)[C@@H]1C(C)=O. The lowest BCUT2D eigenvalue weighted by Crippen LogP contribution is -2.65. The molecule has 1 aliphatic heterocycles. The van der Waals surface area contributed by atoms with Crippen LogP contribution in [0.15, 0.2) is 0 Å². The molecule has 1 fully saturated rings. The van der Waals surface area contributed by atoms with Gasteiger partial charge in [-0.1, -0.05) is 19.8 Å². The topological polar surface area (TPSA) is 54.5 Å². The predicted octanol–water partition coefficient (Wildman–Crippen LogP) is 1.14. The normalized spacial score (nSPS) is 25.0. The number of nitrogens with zero attached hydrogens (tertiary/aromatic N) is 1. The maximum absolute atomic E-state index is 11.6. The summed E-state index contributed by atoms with van der Waals surface area (Å²) in [5.41, 5.74) is 0. The van der Waals surface area contributed by atoms with E-state index in [0.29, 0.717) is 6.42 Å². The van der Waals surface area contributed by atoms with Crippen molar-refractivity contribution in [1.29, 1.82) is 0 Å². The standard InChI is InChI=1S/C11H17NO3/c1-4-5-6-9-10(7(2)13)12(8(3)14)11(9)15/h9-10H,4-6H2,1-3H3/t9-,10+/m0/s1. The fraction of sp³-hybridized carbons (Fsp3) is 0.727. The summed E-state index contributed by atoms with van der Waals surface area (Å²) < 4.78 is 0. The van der Waals surface area contributed by atoms with Crippen LogP contribution in [-0.2, 0) is 14.4 Å². The van der Waals surface area contributed by atoms with Crippen LogP contribution in [0.4, 0.5) is 0 Å². The zero-order chi connectivity index (χ0) is 11.6. The van der Waals surface area contributed by atoms with Crippen molar-refractivity contribution in [3.8, 4) is 0 Å². The maximum Gasteiger partial charge on any atom is 0.235 e. The van der Waals surface area contributed by atoms with E-state index in [2.05, 4.69) is 0 Å². The molecule has 0 aromatic heterocycles. The zero-order valence-corrected chi connectivity index (χ0v) is 9.45. The van der Waals surface area contributed by atoms with E-state index >= 15 is 0 Å². The van der Waals surface area contributed by atoms with Crippen LogP contribution in [0.3, 0.4) is 0 Å². The third kappa shape index (κ3) is 2.08. The summed E-state index contributed by atoms with van der Waals surface area (Å²) in [4.78, 5) is 35.1. The molecule has 84 valence electrons. The third-order valence-electron chi connectivity index (χ3n) is 2.84. The maximum atomic E-state index is 11.6. The highest BCUT2D eigenvalue weighted by Gasteiger charge is 2.51. The number of amides is 2. The Morgan fingerprint density at radius 3 is 2.33 bits per heavy atom. The van der Waals surface area contributed by atoms with Gasteiger partial charge < -0.3 is 0 Å². The molecular weight excluding hydrogens is 194 g/mol. The van der Waals surface area contributed by atoms with Crippen LogP contribution in [0.5, 0.6) is 0 Å². The highest BCUT2D eigenvalue weighted by molar-refractivity contribution is 6.08.